The maximum Gasteiger partial charge on any atom is 1.00 e. The van der Waals surface area contributed by atoms with Crippen molar-refractivity contribution in [2.24, 2.45) is 0 Å². The summed E-state index contributed by atoms with van der Waals surface area (Å²) < 4.78 is 0. The van der Waals surface area contributed by atoms with Crippen LogP contribution in [0.25, 0.3) is 0 Å². The number of hydrogen-bond donors (Lipinski definition) is 0. The van der Waals surface area contributed by atoms with E-state index in [0.717, 1.165) is 0 Å². The number of halogens is 3. The summed E-state index contributed by atoms with van der Waals surface area (Å²) in [5.74, 6) is 0. The molecule has 7 heteroatoms. The van der Waals surface area contributed by atoms with Crippen molar-refractivity contribution in [3.63, 3.8) is 0 Å². The molecular formula is HCl2HgIK2O. The predicted molar refractivity (Wildman–Crippen MR) is 13.6 cm³/mol. The van der Waals surface area contributed by atoms with Crippen LogP contribution in [0.2, 0.25) is 0 Å². The van der Waals surface area contributed by atoms with Gasteiger partial charge in [-0.05, 0) is 0 Å². The Morgan fingerprint density at radius 2 is 1.00 bits per heavy atom. The average molecular weight is 494 g/mol. The Labute approximate surface area is 165 Å². The molecule has 1 N–H and O–H groups in total. The number of rotatable bonds is 0. The monoisotopic (exact) mass is 494 g/mol. The zero-order valence-corrected chi connectivity index (χ0v) is 19.7. The average Bonchev–Trinajstić information content (AvgIpc) is 0.918. The molecule has 32 valence electrons. The van der Waals surface area contributed by atoms with Gasteiger partial charge in [0, 0.05) is 0 Å². The maximum atomic E-state index is 4.99. The minimum atomic E-state index is -1.14. The molecule has 0 saturated heterocycles. The molecule has 0 aromatic rings. The summed E-state index contributed by atoms with van der Waals surface area (Å²) in [6, 6.07) is 0. The normalized spacial score (nSPS) is 1.43. The fourth-order valence-corrected chi connectivity index (χ4v) is 0. The van der Waals surface area contributed by atoms with E-state index in [4.69, 9.17) is 16.5 Å². The van der Waals surface area contributed by atoms with Crippen molar-refractivity contribution in [2.45, 2.75) is 0 Å². The van der Waals surface area contributed by atoms with Gasteiger partial charge in [-0.2, -0.15) is 0 Å². The van der Waals surface area contributed by atoms with E-state index in [1.54, 1.807) is 0 Å². The van der Waals surface area contributed by atoms with Gasteiger partial charge in [0.15, 0.2) is 0 Å². The minimum absolute atomic E-state index is 0. The molecule has 1 nitrogen and oxygen atoms in total. The van der Waals surface area contributed by atoms with Crippen LogP contribution in [0.3, 0.4) is 0 Å². The van der Waals surface area contributed by atoms with Gasteiger partial charge in [-0.1, -0.05) is 0 Å². The third-order valence-corrected chi connectivity index (χ3v) is 0. The second-order valence-corrected chi connectivity index (χ2v) is 7.98. The van der Waals surface area contributed by atoms with E-state index in [1.165, 1.54) is 0 Å². The topological polar surface area (TPSA) is 30.0 Å². The van der Waals surface area contributed by atoms with Crippen LogP contribution >= 0.6 is 16.5 Å². The third-order valence-electron chi connectivity index (χ3n) is 0. The van der Waals surface area contributed by atoms with Gasteiger partial charge in [0.1, 0.15) is 0 Å². The van der Waals surface area contributed by atoms with Gasteiger partial charge in [0.05, 0.1) is 0 Å². The van der Waals surface area contributed by atoms with Gasteiger partial charge in [-0.3, -0.25) is 0 Å². The quantitative estimate of drug-likeness (QED) is 0.244. The number of hydrogen-bond acceptors (Lipinski definition) is 1. The van der Waals surface area contributed by atoms with Crippen molar-refractivity contribution < 1.29 is 154 Å². The summed E-state index contributed by atoms with van der Waals surface area (Å²) in [4.78, 5) is 0. The van der Waals surface area contributed by atoms with Crippen molar-refractivity contribution in [3.05, 3.63) is 0 Å². The zero-order chi connectivity index (χ0) is 2.71. The van der Waals surface area contributed by atoms with Gasteiger partial charge < -0.3 is 29.5 Å². The van der Waals surface area contributed by atoms with Crippen LogP contribution in [0.5, 0.6) is 0 Å². The van der Waals surface area contributed by atoms with Crippen molar-refractivity contribution in [2.75, 3.05) is 0 Å². The first-order valence-electron chi connectivity index (χ1n) is 0.535. The van der Waals surface area contributed by atoms with Crippen molar-refractivity contribution in [3.8, 4) is 0 Å². The molecule has 0 amide bonds. The summed E-state index contributed by atoms with van der Waals surface area (Å²) in [5, 5.41) is 0. The summed E-state index contributed by atoms with van der Waals surface area (Å²) in [5.41, 5.74) is 0. The van der Waals surface area contributed by atoms with E-state index in [2.05, 4.69) is 0 Å². The van der Waals surface area contributed by atoms with Crippen LogP contribution in [0.1, 0.15) is 0 Å². The molecule has 0 saturated carbocycles. The van der Waals surface area contributed by atoms with Gasteiger partial charge in [0.2, 0.25) is 0 Å². The Balaban J connectivity index is -0.00000000333. The molecule has 0 rings (SSSR count). The molecule has 0 unspecified atom stereocenters. The van der Waals surface area contributed by atoms with Gasteiger partial charge >= 0.3 is 141 Å². The first-order chi connectivity index (χ1) is 1.41. The van der Waals surface area contributed by atoms with Crippen LogP contribution in [-0.2, 0) is 22.1 Å². The molecule has 0 radical (unpaired) electrons. The van der Waals surface area contributed by atoms with Gasteiger partial charge in [0.25, 0.3) is 0 Å². The van der Waals surface area contributed by atoms with E-state index in [1.807, 2.05) is 0 Å². The Bertz CT molecular complexity index is 15.7. The van der Waals surface area contributed by atoms with E-state index < -0.39 is 22.1 Å². The van der Waals surface area contributed by atoms with E-state index >= 15 is 0 Å². The van der Waals surface area contributed by atoms with Crippen molar-refractivity contribution in [1.82, 2.24) is 0 Å². The summed E-state index contributed by atoms with van der Waals surface area (Å²) >= 11 is -1.14. The zero-order valence-electron chi connectivity index (χ0n) is 4.29. The van der Waals surface area contributed by atoms with Crippen molar-refractivity contribution in [1.29, 1.82) is 0 Å². The smallest absolute Gasteiger partial charge is 1.00 e. The van der Waals surface area contributed by atoms with E-state index in [9.17, 15) is 0 Å². The Kier molecular flexibility index (Phi) is 126. The molecule has 0 fully saturated rings. The van der Waals surface area contributed by atoms with Crippen LogP contribution < -0.4 is 127 Å². The van der Waals surface area contributed by atoms with Crippen LogP contribution in [0.15, 0.2) is 0 Å². The molecule has 7 heavy (non-hydrogen) atoms. The second kappa shape index (κ2) is 30.0. The minimum Gasteiger partial charge on any atom is -1.00 e. The summed E-state index contributed by atoms with van der Waals surface area (Å²) in [6.45, 7) is 0. The second-order valence-electron chi connectivity index (χ2n) is 0.101. The fourth-order valence-electron chi connectivity index (χ4n) is 0. The van der Waals surface area contributed by atoms with Crippen LogP contribution in [0.4, 0.5) is 0 Å². The molecule has 0 spiro atoms. The molecule has 0 heterocycles. The third kappa shape index (κ3) is 34.4. The maximum absolute atomic E-state index is 4.99. The van der Waals surface area contributed by atoms with Crippen molar-refractivity contribution >= 4 is 16.5 Å². The predicted octanol–water partition coefficient (Wildman–Crippen LogP) is -7.79. The van der Waals surface area contributed by atoms with E-state index in [-0.39, 0.29) is 132 Å². The summed E-state index contributed by atoms with van der Waals surface area (Å²) in [7, 11) is 9.97. The summed E-state index contributed by atoms with van der Waals surface area (Å²) in [6.07, 6.45) is 0. The SMILES string of the molecule is [Cl][Hg][Cl].[I-].[K+].[K+].[OH-]. The first-order valence-corrected chi connectivity index (χ1v) is 14.1. The van der Waals surface area contributed by atoms with E-state index in [0.29, 0.717) is 0 Å². The molecule has 0 aliphatic carbocycles. The molecular weight excluding hydrogens is 493 g/mol. The van der Waals surface area contributed by atoms with Gasteiger partial charge in [-0.25, -0.2) is 0 Å². The van der Waals surface area contributed by atoms with Crippen LogP contribution in [0, 0.1) is 0 Å². The molecule has 0 aromatic carbocycles. The molecule has 0 aliphatic rings. The van der Waals surface area contributed by atoms with Crippen LogP contribution in [-0.4, -0.2) is 5.48 Å². The standard InChI is InChI=1S/2ClH.Hg.HI.2K.H2O/h2*1H;;1H;;;1H2/q;;+2;;2*+1;/p-4. The molecule has 0 bridgehead atoms. The molecule has 0 atom stereocenters. The Morgan fingerprint density at radius 1 is 1.00 bits per heavy atom. The first kappa shape index (κ1) is 29.4. The molecule has 0 aliphatic heterocycles. The Hall–Kier alpha value is 5.48. The largest absolute Gasteiger partial charge is 1.00 e. The molecule has 0 aromatic heterocycles. The van der Waals surface area contributed by atoms with Gasteiger partial charge in [-0.15, -0.1) is 0 Å². The fraction of sp³-hybridized carbons (Fsp3) is 0. The Morgan fingerprint density at radius 3 is 1.00 bits per heavy atom.